The second kappa shape index (κ2) is 8.64. The lowest BCUT2D eigenvalue weighted by atomic mass is 10.0. The summed E-state index contributed by atoms with van der Waals surface area (Å²) in [4.78, 5) is 2.43. The first-order valence-electron chi connectivity index (χ1n) is 8.38. The number of ether oxygens (including phenoxy) is 2. The van der Waals surface area contributed by atoms with Crippen LogP contribution < -0.4 is 10.1 Å². The number of hydrogen-bond acceptors (Lipinski definition) is 5. The molecule has 1 heterocycles. The maximum Gasteiger partial charge on any atom is 0.119 e. The van der Waals surface area contributed by atoms with E-state index in [-0.39, 0.29) is 5.54 Å². The van der Waals surface area contributed by atoms with Crippen molar-refractivity contribution in [2.75, 3.05) is 46.0 Å². The summed E-state index contributed by atoms with van der Waals surface area (Å²) >= 11 is 0. The molecule has 130 valence electrons. The molecule has 0 saturated carbocycles. The van der Waals surface area contributed by atoms with E-state index in [9.17, 15) is 5.11 Å². The molecule has 1 saturated heterocycles. The maximum atomic E-state index is 10.1. The second-order valence-corrected chi connectivity index (χ2v) is 6.82. The Bertz CT molecular complexity index is 473. The Morgan fingerprint density at radius 3 is 2.78 bits per heavy atom. The van der Waals surface area contributed by atoms with Crippen LogP contribution in [0.1, 0.15) is 19.4 Å². The van der Waals surface area contributed by atoms with Crippen molar-refractivity contribution in [3.63, 3.8) is 0 Å². The molecule has 0 aliphatic carbocycles. The van der Waals surface area contributed by atoms with Gasteiger partial charge in [-0.1, -0.05) is 12.1 Å². The third-order valence-electron chi connectivity index (χ3n) is 4.24. The van der Waals surface area contributed by atoms with Crippen molar-refractivity contribution in [2.24, 2.45) is 0 Å². The zero-order chi connectivity index (χ0) is 16.7. The number of benzene rings is 1. The van der Waals surface area contributed by atoms with Crippen LogP contribution in [-0.4, -0.2) is 67.6 Å². The molecule has 0 amide bonds. The van der Waals surface area contributed by atoms with Gasteiger partial charge in [0.15, 0.2) is 0 Å². The molecule has 1 unspecified atom stereocenters. The van der Waals surface area contributed by atoms with E-state index < -0.39 is 6.10 Å². The molecule has 0 bridgehead atoms. The first-order chi connectivity index (χ1) is 11.0. The van der Waals surface area contributed by atoms with Crippen molar-refractivity contribution in [1.82, 2.24) is 10.2 Å². The number of aryl methyl sites for hydroxylation is 1. The predicted octanol–water partition coefficient (Wildman–Crippen LogP) is 1.44. The van der Waals surface area contributed by atoms with Crippen LogP contribution in [0.15, 0.2) is 24.3 Å². The van der Waals surface area contributed by atoms with Crippen molar-refractivity contribution in [3.8, 4) is 5.75 Å². The van der Waals surface area contributed by atoms with Crippen LogP contribution in [0, 0.1) is 6.92 Å². The summed E-state index contributed by atoms with van der Waals surface area (Å²) in [5.74, 6) is 0.803. The van der Waals surface area contributed by atoms with Crippen molar-refractivity contribution in [1.29, 1.82) is 0 Å². The highest BCUT2D eigenvalue weighted by atomic mass is 16.5. The summed E-state index contributed by atoms with van der Waals surface area (Å²) < 4.78 is 11.0. The van der Waals surface area contributed by atoms with Gasteiger partial charge in [0, 0.05) is 31.7 Å². The minimum atomic E-state index is -0.518. The van der Waals surface area contributed by atoms with Crippen molar-refractivity contribution in [2.45, 2.75) is 32.4 Å². The number of aliphatic hydroxyl groups excluding tert-OH is 1. The van der Waals surface area contributed by atoms with Crippen LogP contribution in [0.5, 0.6) is 5.75 Å². The first-order valence-corrected chi connectivity index (χ1v) is 8.38. The number of rotatable bonds is 8. The minimum Gasteiger partial charge on any atom is -0.491 e. The number of nitrogens with zero attached hydrogens (tertiary/aromatic N) is 1. The average molecular weight is 322 g/mol. The summed E-state index contributed by atoms with van der Waals surface area (Å²) in [6, 6.07) is 7.87. The Kier molecular flexibility index (Phi) is 6.84. The Hall–Kier alpha value is -1.14. The van der Waals surface area contributed by atoms with E-state index in [0.717, 1.165) is 44.2 Å². The summed E-state index contributed by atoms with van der Waals surface area (Å²) in [5, 5.41) is 13.4. The topological polar surface area (TPSA) is 54.0 Å². The van der Waals surface area contributed by atoms with E-state index in [1.54, 1.807) is 0 Å². The van der Waals surface area contributed by atoms with Gasteiger partial charge < -0.3 is 19.9 Å². The van der Waals surface area contributed by atoms with Crippen LogP contribution >= 0.6 is 0 Å². The van der Waals surface area contributed by atoms with Crippen LogP contribution in [0.3, 0.4) is 0 Å². The number of aliphatic hydroxyl groups is 1. The molecule has 2 rings (SSSR count). The van der Waals surface area contributed by atoms with Gasteiger partial charge in [-0.25, -0.2) is 0 Å². The highest BCUT2D eigenvalue weighted by molar-refractivity contribution is 5.27. The lowest BCUT2D eigenvalue weighted by Gasteiger charge is -2.41. The lowest BCUT2D eigenvalue weighted by molar-refractivity contribution is -0.0107. The van der Waals surface area contributed by atoms with Crippen molar-refractivity contribution >= 4 is 0 Å². The van der Waals surface area contributed by atoms with E-state index in [1.807, 2.05) is 31.2 Å². The standard InChI is InChI=1S/C18H30N2O3/c1-15-5-4-6-17(11-15)23-13-16(21)12-19-14-18(2,3)20-7-9-22-10-8-20/h4-6,11,16,19,21H,7-10,12-14H2,1-3H3. The van der Waals surface area contributed by atoms with E-state index in [4.69, 9.17) is 9.47 Å². The minimum absolute atomic E-state index is 0.0564. The number of hydrogen-bond donors (Lipinski definition) is 2. The molecule has 1 aromatic carbocycles. The van der Waals surface area contributed by atoms with Gasteiger partial charge in [-0.15, -0.1) is 0 Å². The summed E-state index contributed by atoms with van der Waals surface area (Å²) in [6.45, 7) is 11.7. The molecule has 1 aliphatic heterocycles. The number of nitrogens with one attached hydrogen (secondary N) is 1. The van der Waals surface area contributed by atoms with Gasteiger partial charge >= 0.3 is 0 Å². The van der Waals surface area contributed by atoms with Gasteiger partial charge in [-0.3, -0.25) is 4.90 Å². The van der Waals surface area contributed by atoms with Gasteiger partial charge in [0.2, 0.25) is 0 Å². The zero-order valence-electron chi connectivity index (χ0n) is 14.5. The molecule has 0 aromatic heterocycles. The zero-order valence-corrected chi connectivity index (χ0v) is 14.5. The van der Waals surface area contributed by atoms with E-state index in [0.29, 0.717) is 13.2 Å². The smallest absolute Gasteiger partial charge is 0.119 e. The molecule has 0 radical (unpaired) electrons. The van der Waals surface area contributed by atoms with Crippen LogP contribution in [0.25, 0.3) is 0 Å². The normalized spacial score (nSPS) is 17.9. The summed E-state index contributed by atoms with van der Waals surface area (Å²) in [6.07, 6.45) is -0.518. The van der Waals surface area contributed by atoms with Crippen molar-refractivity contribution in [3.05, 3.63) is 29.8 Å². The van der Waals surface area contributed by atoms with Crippen molar-refractivity contribution < 1.29 is 14.6 Å². The Balaban J connectivity index is 1.66. The maximum absolute atomic E-state index is 10.1. The highest BCUT2D eigenvalue weighted by Crippen LogP contribution is 2.15. The molecular weight excluding hydrogens is 292 g/mol. The Morgan fingerprint density at radius 2 is 2.09 bits per heavy atom. The van der Waals surface area contributed by atoms with Gasteiger partial charge in [0.1, 0.15) is 18.5 Å². The third kappa shape index (κ3) is 6.11. The number of morpholine rings is 1. The Morgan fingerprint density at radius 1 is 1.35 bits per heavy atom. The molecule has 1 fully saturated rings. The fourth-order valence-electron chi connectivity index (χ4n) is 2.78. The first kappa shape index (κ1) is 18.2. The highest BCUT2D eigenvalue weighted by Gasteiger charge is 2.27. The van der Waals surface area contributed by atoms with Crippen LogP contribution in [-0.2, 0) is 4.74 Å². The van der Waals surface area contributed by atoms with E-state index in [2.05, 4.69) is 24.1 Å². The molecule has 0 spiro atoms. The van der Waals surface area contributed by atoms with Gasteiger partial charge in [0.25, 0.3) is 0 Å². The van der Waals surface area contributed by atoms with Crippen LogP contribution in [0.2, 0.25) is 0 Å². The van der Waals surface area contributed by atoms with Gasteiger partial charge in [-0.05, 0) is 38.5 Å². The molecule has 5 heteroatoms. The summed E-state index contributed by atoms with van der Waals surface area (Å²) in [7, 11) is 0. The average Bonchev–Trinajstić information content (AvgIpc) is 2.54. The van der Waals surface area contributed by atoms with Gasteiger partial charge in [-0.2, -0.15) is 0 Å². The van der Waals surface area contributed by atoms with Gasteiger partial charge in [0.05, 0.1) is 13.2 Å². The van der Waals surface area contributed by atoms with Crippen LogP contribution in [0.4, 0.5) is 0 Å². The molecule has 2 N–H and O–H groups in total. The molecule has 1 aromatic rings. The lowest BCUT2D eigenvalue weighted by Crippen LogP contribution is -2.55. The molecule has 23 heavy (non-hydrogen) atoms. The quantitative estimate of drug-likeness (QED) is 0.758. The fraction of sp³-hybridized carbons (Fsp3) is 0.667. The molecular formula is C18H30N2O3. The largest absolute Gasteiger partial charge is 0.491 e. The van der Waals surface area contributed by atoms with E-state index >= 15 is 0 Å². The molecule has 5 nitrogen and oxygen atoms in total. The Labute approximate surface area is 139 Å². The molecule has 1 atom stereocenters. The SMILES string of the molecule is Cc1cccc(OCC(O)CNCC(C)(C)N2CCOCC2)c1. The summed E-state index contributed by atoms with van der Waals surface area (Å²) in [5.41, 5.74) is 1.21. The predicted molar refractivity (Wildman–Crippen MR) is 92.0 cm³/mol. The third-order valence-corrected chi connectivity index (χ3v) is 4.24. The van der Waals surface area contributed by atoms with E-state index in [1.165, 1.54) is 0 Å². The molecule has 1 aliphatic rings. The fourth-order valence-corrected chi connectivity index (χ4v) is 2.78. The monoisotopic (exact) mass is 322 g/mol. The second-order valence-electron chi connectivity index (χ2n) is 6.82.